The molecule has 172 valence electrons. The fourth-order valence-electron chi connectivity index (χ4n) is 4.27. The van der Waals surface area contributed by atoms with Crippen molar-refractivity contribution >= 4 is 17.8 Å². The summed E-state index contributed by atoms with van der Waals surface area (Å²) < 4.78 is 5.40. The van der Waals surface area contributed by atoms with E-state index >= 15 is 0 Å². The highest BCUT2D eigenvalue weighted by Crippen LogP contribution is 2.24. The van der Waals surface area contributed by atoms with Crippen LogP contribution in [0.25, 0.3) is 6.08 Å². The zero-order valence-electron chi connectivity index (χ0n) is 18.9. The molecule has 8 nitrogen and oxygen atoms in total. The quantitative estimate of drug-likeness (QED) is 0.434. The molecule has 1 aromatic heterocycles. The minimum Gasteiger partial charge on any atom is -0.365 e. The molecule has 1 aromatic rings. The number of nitrogens with zero attached hydrogens (tertiary/aromatic N) is 3. The molecule has 0 bridgehead atoms. The van der Waals surface area contributed by atoms with Crippen LogP contribution in [0, 0.1) is 5.92 Å². The van der Waals surface area contributed by atoms with Gasteiger partial charge in [0.2, 0.25) is 0 Å². The first-order valence-electron chi connectivity index (χ1n) is 11.6. The summed E-state index contributed by atoms with van der Waals surface area (Å²) in [6, 6.07) is 0.272. The molecule has 0 aromatic carbocycles. The molecule has 3 rings (SSSR count). The van der Waals surface area contributed by atoms with Gasteiger partial charge in [-0.05, 0) is 51.6 Å². The number of carbonyl (C=O) groups excluding carboxylic acids is 1. The topological polar surface area (TPSA) is 88.6 Å². The summed E-state index contributed by atoms with van der Waals surface area (Å²) in [7, 11) is 2.20. The SMILES string of the molecule is C[C@H](CN(C)CC1CCCCC1)Nc1cnc(/C=C/C(=O)NOC2CCCCO2)cn1. The smallest absolute Gasteiger partial charge is 0.267 e. The molecular formula is C23H37N5O3. The van der Waals surface area contributed by atoms with Crippen LogP contribution in [0.2, 0.25) is 0 Å². The van der Waals surface area contributed by atoms with E-state index in [4.69, 9.17) is 9.57 Å². The summed E-state index contributed by atoms with van der Waals surface area (Å²) >= 11 is 0. The highest BCUT2D eigenvalue weighted by atomic mass is 16.8. The maximum Gasteiger partial charge on any atom is 0.267 e. The van der Waals surface area contributed by atoms with Gasteiger partial charge in [-0.25, -0.2) is 15.3 Å². The van der Waals surface area contributed by atoms with Crippen molar-refractivity contribution in [3.63, 3.8) is 0 Å². The lowest BCUT2D eigenvalue weighted by Gasteiger charge is -2.29. The number of anilines is 1. The summed E-state index contributed by atoms with van der Waals surface area (Å²) in [5, 5.41) is 3.41. The second kappa shape index (κ2) is 12.7. The number of hydrogen-bond donors (Lipinski definition) is 2. The lowest BCUT2D eigenvalue weighted by molar-refractivity contribution is -0.198. The van der Waals surface area contributed by atoms with Crippen molar-refractivity contribution in [1.82, 2.24) is 20.3 Å². The summed E-state index contributed by atoms with van der Waals surface area (Å²) in [4.78, 5) is 28.3. The first-order chi connectivity index (χ1) is 15.1. The lowest BCUT2D eigenvalue weighted by atomic mass is 9.89. The summed E-state index contributed by atoms with van der Waals surface area (Å²) in [6.07, 6.45) is 15.7. The van der Waals surface area contributed by atoms with Gasteiger partial charge in [-0.15, -0.1) is 0 Å². The summed E-state index contributed by atoms with van der Waals surface area (Å²) in [5.74, 6) is 1.22. The maximum absolute atomic E-state index is 11.9. The number of amides is 1. The van der Waals surface area contributed by atoms with Gasteiger partial charge in [-0.2, -0.15) is 0 Å². The van der Waals surface area contributed by atoms with E-state index in [0.29, 0.717) is 12.3 Å². The number of nitrogens with one attached hydrogen (secondary N) is 2. The van der Waals surface area contributed by atoms with E-state index in [9.17, 15) is 4.79 Å². The Bertz CT molecular complexity index is 685. The molecule has 1 aliphatic carbocycles. The van der Waals surface area contributed by atoms with Crippen molar-refractivity contribution in [3.05, 3.63) is 24.2 Å². The molecule has 2 fully saturated rings. The van der Waals surface area contributed by atoms with Crippen LogP contribution < -0.4 is 10.8 Å². The molecule has 2 aliphatic rings. The van der Waals surface area contributed by atoms with E-state index in [1.807, 2.05) is 0 Å². The molecule has 8 heteroatoms. The Hall–Kier alpha value is -2.03. The Morgan fingerprint density at radius 3 is 2.74 bits per heavy atom. The molecule has 0 radical (unpaired) electrons. The largest absolute Gasteiger partial charge is 0.365 e. The van der Waals surface area contributed by atoms with E-state index in [1.54, 1.807) is 18.5 Å². The molecule has 2 N–H and O–H groups in total. The monoisotopic (exact) mass is 431 g/mol. The van der Waals surface area contributed by atoms with Crippen LogP contribution in [0.3, 0.4) is 0 Å². The van der Waals surface area contributed by atoms with Crippen molar-refractivity contribution in [2.45, 2.75) is 70.6 Å². The minimum absolute atomic E-state index is 0.272. The predicted octanol–water partition coefficient (Wildman–Crippen LogP) is 3.38. The lowest BCUT2D eigenvalue weighted by Crippen LogP contribution is -2.36. The summed E-state index contributed by atoms with van der Waals surface area (Å²) in [5.41, 5.74) is 3.00. The van der Waals surface area contributed by atoms with E-state index in [0.717, 1.165) is 37.5 Å². The van der Waals surface area contributed by atoms with Crippen LogP contribution in [0.15, 0.2) is 18.5 Å². The van der Waals surface area contributed by atoms with Crippen LogP contribution in [-0.2, 0) is 14.4 Å². The van der Waals surface area contributed by atoms with E-state index in [-0.39, 0.29) is 18.2 Å². The fraction of sp³-hybridized carbons (Fsp3) is 0.696. The van der Waals surface area contributed by atoms with Crippen molar-refractivity contribution in [2.75, 3.05) is 32.1 Å². The first kappa shape index (κ1) is 23.6. The number of rotatable bonds is 10. The Balaban J connectivity index is 1.36. The third kappa shape index (κ3) is 8.93. The van der Waals surface area contributed by atoms with E-state index < -0.39 is 0 Å². The molecule has 2 atom stereocenters. The number of hydrogen-bond acceptors (Lipinski definition) is 7. The highest BCUT2D eigenvalue weighted by molar-refractivity contribution is 5.90. The Kier molecular flexibility index (Phi) is 9.71. The van der Waals surface area contributed by atoms with Crippen LogP contribution in [-0.4, -0.2) is 59.9 Å². The zero-order valence-corrected chi connectivity index (χ0v) is 18.9. The van der Waals surface area contributed by atoms with Crippen molar-refractivity contribution < 1.29 is 14.4 Å². The summed E-state index contributed by atoms with van der Waals surface area (Å²) in [6.45, 7) is 4.96. The van der Waals surface area contributed by atoms with E-state index in [2.05, 4.69) is 39.6 Å². The van der Waals surface area contributed by atoms with Gasteiger partial charge < -0.3 is 15.0 Å². The molecular weight excluding hydrogens is 394 g/mol. The second-order valence-corrected chi connectivity index (χ2v) is 8.81. The van der Waals surface area contributed by atoms with E-state index in [1.165, 1.54) is 44.7 Å². The van der Waals surface area contributed by atoms with Gasteiger partial charge in [0.25, 0.3) is 5.91 Å². The molecule has 0 spiro atoms. The van der Waals surface area contributed by atoms with Gasteiger partial charge >= 0.3 is 0 Å². The zero-order chi connectivity index (χ0) is 21.9. The number of ether oxygens (including phenoxy) is 1. The Labute approximate surface area is 185 Å². The van der Waals surface area contributed by atoms with Crippen LogP contribution in [0.5, 0.6) is 0 Å². The van der Waals surface area contributed by atoms with Crippen molar-refractivity contribution in [3.8, 4) is 0 Å². The van der Waals surface area contributed by atoms with Crippen LogP contribution in [0.4, 0.5) is 5.82 Å². The highest BCUT2D eigenvalue weighted by Gasteiger charge is 2.17. The van der Waals surface area contributed by atoms with Gasteiger partial charge in [0, 0.05) is 38.2 Å². The Morgan fingerprint density at radius 1 is 1.23 bits per heavy atom. The standard InChI is InChI=1S/C23H37N5O3/c1-18(16-28(2)17-19-8-4-3-5-9-19)26-21-15-24-20(14-25-21)11-12-22(29)27-31-23-10-6-7-13-30-23/h11-12,14-15,18-19,23H,3-10,13,16-17H2,1-2H3,(H,25,26)(H,27,29)/b12-11+/t18-,23?/m1/s1. The molecule has 2 heterocycles. The van der Waals surface area contributed by atoms with Crippen molar-refractivity contribution in [2.24, 2.45) is 5.92 Å². The number of likely N-dealkylation sites (N-methyl/N-ethyl adjacent to an activating group) is 1. The van der Waals surface area contributed by atoms with Gasteiger partial charge in [-0.1, -0.05) is 19.3 Å². The predicted molar refractivity (Wildman–Crippen MR) is 121 cm³/mol. The average molecular weight is 432 g/mol. The number of hydroxylamine groups is 1. The van der Waals surface area contributed by atoms with Gasteiger partial charge in [0.15, 0.2) is 6.29 Å². The van der Waals surface area contributed by atoms with Crippen molar-refractivity contribution in [1.29, 1.82) is 0 Å². The molecule has 1 aliphatic heterocycles. The maximum atomic E-state index is 11.9. The third-order valence-corrected chi connectivity index (χ3v) is 5.78. The number of aromatic nitrogens is 2. The molecule has 1 amide bonds. The second-order valence-electron chi connectivity index (χ2n) is 8.81. The van der Waals surface area contributed by atoms with Gasteiger partial charge in [0.1, 0.15) is 5.82 Å². The molecule has 1 saturated carbocycles. The first-order valence-corrected chi connectivity index (χ1v) is 11.6. The molecule has 31 heavy (non-hydrogen) atoms. The van der Waals surface area contributed by atoms with Crippen LogP contribution >= 0.6 is 0 Å². The van der Waals surface area contributed by atoms with Crippen LogP contribution in [0.1, 0.15) is 64.0 Å². The average Bonchev–Trinajstić information content (AvgIpc) is 2.78. The normalized spacial score (nSPS) is 21.3. The fourth-order valence-corrected chi connectivity index (χ4v) is 4.27. The van der Waals surface area contributed by atoms with Gasteiger partial charge in [0.05, 0.1) is 18.1 Å². The molecule has 1 unspecified atom stereocenters. The third-order valence-electron chi connectivity index (χ3n) is 5.78. The minimum atomic E-state index is -0.361. The Morgan fingerprint density at radius 2 is 2.03 bits per heavy atom. The molecule has 1 saturated heterocycles. The van der Waals surface area contributed by atoms with Gasteiger partial charge in [-0.3, -0.25) is 9.78 Å². The number of carbonyl (C=O) groups is 1.